The molecule has 0 aliphatic rings. The summed E-state index contributed by atoms with van der Waals surface area (Å²) >= 11 is 0. The first kappa shape index (κ1) is 36.2. The number of aromatic nitrogens is 1. The molecular weight excluding hydrogens is 470 g/mol. The minimum Gasteiger partial charge on any atom is -0.202 e. The molecule has 228 valence electrons. The van der Waals surface area contributed by atoms with Gasteiger partial charge in [-0.25, -0.2) is 4.57 Å². The molecule has 1 nitrogen and oxygen atoms in total. The second-order valence-corrected chi connectivity index (χ2v) is 12.7. The minimum absolute atomic E-state index is 0.709. The third-order valence-corrected chi connectivity index (χ3v) is 8.94. The lowest BCUT2D eigenvalue weighted by molar-refractivity contribution is -0.724. The molecule has 0 amide bonds. The Morgan fingerprint density at radius 2 is 0.590 bits per heavy atom. The van der Waals surface area contributed by atoms with Crippen molar-refractivity contribution in [3.63, 3.8) is 0 Å². The van der Waals surface area contributed by atoms with E-state index in [1.54, 1.807) is 0 Å². The highest BCUT2D eigenvalue weighted by atomic mass is 15.0. The molecule has 0 spiro atoms. The van der Waals surface area contributed by atoms with Gasteiger partial charge in [0.25, 0.3) is 0 Å². The highest BCUT2D eigenvalue weighted by Crippen LogP contribution is 2.20. The first-order valence-electron chi connectivity index (χ1n) is 18.3. The SMILES string of the molecule is CCCCCCCCCCCCCCCCCCC(CCCCCCCCCCCCCC)[n+]1ccccc1. The summed E-state index contributed by atoms with van der Waals surface area (Å²) in [5, 5.41) is 0. The van der Waals surface area contributed by atoms with Gasteiger partial charge in [-0.15, -0.1) is 0 Å². The fourth-order valence-electron chi connectivity index (χ4n) is 6.25. The maximum absolute atomic E-state index is 2.50. The smallest absolute Gasteiger partial charge is 0.169 e. The summed E-state index contributed by atoms with van der Waals surface area (Å²) in [5.74, 6) is 0. The van der Waals surface area contributed by atoms with Gasteiger partial charge in [-0.2, -0.15) is 0 Å². The van der Waals surface area contributed by atoms with Crippen molar-refractivity contribution in [2.24, 2.45) is 0 Å². The molecule has 1 heterocycles. The van der Waals surface area contributed by atoms with E-state index in [9.17, 15) is 0 Å². The van der Waals surface area contributed by atoms with Gasteiger partial charge in [-0.05, 0) is 12.8 Å². The number of hydrogen-bond donors (Lipinski definition) is 0. The van der Waals surface area contributed by atoms with E-state index >= 15 is 0 Å². The van der Waals surface area contributed by atoms with Crippen LogP contribution in [0.1, 0.15) is 213 Å². The predicted octanol–water partition coefficient (Wildman–Crippen LogP) is 13.3. The van der Waals surface area contributed by atoms with Gasteiger partial charge in [-0.1, -0.05) is 187 Å². The van der Waals surface area contributed by atoms with Crippen molar-refractivity contribution in [3.8, 4) is 0 Å². The monoisotopic (exact) mass is 543 g/mol. The molecule has 1 heteroatoms. The first-order chi connectivity index (χ1) is 19.4. The summed E-state index contributed by atoms with van der Waals surface area (Å²) in [6, 6.07) is 7.29. The summed E-state index contributed by atoms with van der Waals surface area (Å²) < 4.78 is 2.50. The quantitative estimate of drug-likeness (QED) is 0.0648. The van der Waals surface area contributed by atoms with Crippen molar-refractivity contribution < 1.29 is 4.57 Å². The van der Waals surface area contributed by atoms with Crippen LogP contribution in [-0.4, -0.2) is 0 Å². The Morgan fingerprint density at radius 1 is 0.333 bits per heavy atom. The van der Waals surface area contributed by atoms with Gasteiger partial charge < -0.3 is 0 Å². The van der Waals surface area contributed by atoms with Crippen LogP contribution in [0.5, 0.6) is 0 Å². The van der Waals surface area contributed by atoms with Gasteiger partial charge in [0.1, 0.15) is 0 Å². The van der Waals surface area contributed by atoms with Crippen LogP contribution in [0.4, 0.5) is 0 Å². The van der Waals surface area contributed by atoms with Crippen LogP contribution in [0.3, 0.4) is 0 Å². The van der Waals surface area contributed by atoms with Gasteiger partial charge in [0, 0.05) is 25.0 Å². The summed E-state index contributed by atoms with van der Waals surface area (Å²) in [4.78, 5) is 0. The third-order valence-electron chi connectivity index (χ3n) is 8.94. The molecule has 0 saturated heterocycles. The first-order valence-corrected chi connectivity index (χ1v) is 18.3. The van der Waals surface area contributed by atoms with Crippen LogP contribution >= 0.6 is 0 Å². The predicted molar refractivity (Wildman–Crippen MR) is 176 cm³/mol. The molecule has 0 saturated carbocycles. The molecule has 0 aliphatic heterocycles. The highest BCUT2D eigenvalue weighted by molar-refractivity contribution is 4.84. The van der Waals surface area contributed by atoms with Crippen molar-refractivity contribution in [3.05, 3.63) is 30.6 Å². The van der Waals surface area contributed by atoms with Crippen molar-refractivity contribution in [1.29, 1.82) is 0 Å². The normalized spacial score (nSPS) is 12.3. The molecule has 0 aliphatic carbocycles. The Labute approximate surface area is 247 Å². The molecule has 0 N–H and O–H groups in total. The number of hydrogen-bond acceptors (Lipinski definition) is 0. The van der Waals surface area contributed by atoms with Crippen molar-refractivity contribution in [2.75, 3.05) is 0 Å². The van der Waals surface area contributed by atoms with Crippen molar-refractivity contribution >= 4 is 0 Å². The summed E-state index contributed by atoms with van der Waals surface area (Å²) in [5.41, 5.74) is 0. The maximum Gasteiger partial charge on any atom is 0.169 e. The molecule has 1 atom stereocenters. The Morgan fingerprint density at radius 3 is 0.872 bits per heavy atom. The fourth-order valence-corrected chi connectivity index (χ4v) is 6.25. The molecule has 1 rings (SSSR count). The Hall–Kier alpha value is -0.850. The van der Waals surface area contributed by atoms with Crippen LogP contribution in [0, 0.1) is 0 Å². The lowest BCUT2D eigenvalue weighted by atomic mass is 9.99. The minimum atomic E-state index is 0.709. The van der Waals surface area contributed by atoms with Gasteiger partial charge >= 0.3 is 0 Å². The van der Waals surface area contributed by atoms with E-state index in [0.29, 0.717) is 6.04 Å². The lowest BCUT2D eigenvalue weighted by Crippen LogP contribution is -2.38. The van der Waals surface area contributed by atoms with Gasteiger partial charge in [0.05, 0.1) is 0 Å². The van der Waals surface area contributed by atoms with Crippen LogP contribution in [0.15, 0.2) is 30.6 Å². The van der Waals surface area contributed by atoms with E-state index in [2.05, 4.69) is 49.0 Å². The molecule has 0 aromatic carbocycles. The molecular formula is C38H72N+. The maximum atomic E-state index is 2.50. The molecule has 39 heavy (non-hydrogen) atoms. The zero-order valence-corrected chi connectivity index (χ0v) is 27.1. The molecule has 0 radical (unpaired) electrons. The van der Waals surface area contributed by atoms with E-state index in [1.165, 1.54) is 193 Å². The average Bonchev–Trinajstić information content (AvgIpc) is 2.96. The van der Waals surface area contributed by atoms with Crippen LogP contribution in [0.2, 0.25) is 0 Å². The molecule has 1 aromatic rings. The second kappa shape index (κ2) is 30.1. The molecule has 1 unspecified atom stereocenters. The van der Waals surface area contributed by atoms with Crippen molar-refractivity contribution in [1.82, 2.24) is 0 Å². The number of unbranched alkanes of at least 4 members (excludes halogenated alkanes) is 26. The van der Waals surface area contributed by atoms with E-state index in [0.717, 1.165) is 0 Å². The van der Waals surface area contributed by atoms with Crippen molar-refractivity contribution in [2.45, 2.75) is 213 Å². The van der Waals surface area contributed by atoms with E-state index in [1.807, 2.05) is 0 Å². The molecule has 0 fully saturated rings. The van der Waals surface area contributed by atoms with Gasteiger partial charge in [0.15, 0.2) is 18.4 Å². The molecule has 0 bridgehead atoms. The molecule has 1 aromatic heterocycles. The Balaban J connectivity index is 1.98. The number of rotatable bonds is 31. The van der Waals surface area contributed by atoms with Crippen LogP contribution in [-0.2, 0) is 0 Å². The summed E-state index contributed by atoms with van der Waals surface area (Å²) in [7, 11) is 0. The second-order valence-electron chi connectivity index (χ2n) is 12.7. The zero-order valence-electron chi connectivity index (χ0n) is 27.1. The summed E-state index contributed by atoms with van der Waals surface area (Å²) in [6.07, 6.45) is 47.9. The van der Waals surface area contributed by atoms with Crippen LogP contribution in [0.25, 0.3) is 0 Å². The topological polar surface area (TPSA) is 3.88 Å². The van der Waals surface area contributed by atoms with Gasteiger partial charge in [0.2, 0.25) is 0 Å². The van der Waals surface area contributed by atoms with Gasteiger partial charge in [-0.3, -0.25) is 0 Å². The highest BCUT2D eigenvalue weighted by Gasteiger charge is 2.17. The zero-order chi connectivity index (χ0) is 27.9. The average molecular weight is 543 g/mol. The summed E-state index contributed by atoms with van der Waals surface area (Å²) in [6.45, 7) is 4.62. The van der Waals surface area contributed by atoms with E-state index in [4.69, 9.17) is 0 Å². The Bertz CT molecular complexity index is 567. The van der Waals surface area contributed by atoms with E-state index < -0.39 is 0 Å². The number of pyridine rings is 1. The van der Waals surface area contributed by atoms with Crippen LogP contribution < -0.4 is 4.57 Å². The fraction of sp³-hybridized carbons (Fsp3) is 0.868. The van der Waals surface area contributed by atoms with E-state index in [-0.39, 0.29) is 0 Å². The largest absolute Gasteiger partial charge is 0.202 e. The number of nitrogens with zero attached hydrogens (tertiary/aromatic N) is 1. The third kappa shape index (κ3) is 24.7. The standard InChI is InChI=1S/C38H72N/c1-3-5-7-9-11-13-15-17-18-19-20-22-24-26-28-31-35-38(39-36-32-29-33-37-39)34-30-27-25-23-21-16-14-12-10-8-6-4-2/h29,32-33,36-38H,3-28,30-31,34-35H2,1-2H3/q+1. The Kier molecular flexibility index (Phi) is 27.9. The lowest BCUT2D eigenvalue weighted by Gasteiger charge is -2.13.